The molecular weight excluding hydrogens is 414 g/mol. The Morgan fingerprint density at radius 3 is 2.42 bits per heavy atom. The van der Waals surface area contributed by atoms with E-state index in [1.54, 1.807) is 13.8 Å². The molecule has 1 aliphatic carbocycles. The van der Waals surface area contributed by atoms with Crippen LogP contribution in [0.25, 0.3) is 0 Å². The minimum absolute atomic E-state index is 0.134. The van der Waals surface area contributed by atoms with Gasteiger partial charge in [0.1, 0.15) is 23.0 Å². The molecule has 0 aromatic heterocycles. The Balaban J connectivity index is 1.26. The average Bonchev–Trinajstić information content (AvgIpc) is 3.55. The highest BCUT2D eigenvalue weighted by molar-refractivity contribution is 5.84. The van der Waals surface area contributed by atoms with Gasteiger partial charge in [-0.05, 0) is 81.5 Å². The van der Waals surface area contributed by atoms with Gasteiger partial charge in [0.15, 0.2) is 0 Å². The van der Waals surface area contributed by atoms with Crippen LogP contribution in [0.5, 0.6) is 11.5 Å². The molecule has 4 rings (SSSR count). The van der Waals surface area contributed by atoms with Crippen LogP contribution < -0.4 is 19.7 Å². The summed E-state index contributed by atoms with van der Waals surface area (Å²) in [7, 11) is 0. The second-order valence-electron chi connectivity index (χ2n) is 9.72. The zero-order valence-electron chi connectivity index (χ0n) is 19.7. The summed E-state index contributed by atoms with van der Waals surface area (Å²) in [5, 5.41) is 12.0. The van der Waals surface area contributed by atoms with Crippen LogP contribution in [-0.4, -0.2) is 31.7 Å². The van der Waals surface area contributed by atoms with Crippen LogP contribution in [-0.2, 0) is 4.79 Å². The quantitative estimate of drug-likeness (QED) is 0.594. The molecule has 6 heteroatoms. The molecule has 33 heavy (non-hydrogen) atoms. The first-order chi connectivity index (χ1) is 15.8. The summed E-state index contributed by atoms with van der Waals surface area (Å²) < 4.78 is 12.1. The van der Waals surface area contributed by atoms with Crippen LogP contribution in [0.3, 0.4) is 0 Å². The Bertz CT molecular complexity index is 991. The molecule has 0 radical (unpaired) electrons. The highest BCUT2D eigenvalue weighted by atomic mass is 16.5. The van der Waals surface area contributed by atoms with Gasteiger partial charge >= 0.3 is 0 Å². The molecule has 1 saturated carbocycles. The molecule has 1 amide bonds. The second-order valence-corrected chi connectivity index (χ2v) is 9.72. The van der Waals surface area contributed by atoms with Crippen molar-refractivity contribution in [1.82, 2.24) is 5.32 Å². The predicted molar refractivity (Wildman–Crippen MR) is 128 cm³/mol. The van der Waals surface area contributed by atoms with E-state index >= 15 is 0 Å². The molecule has 1 aliphatic heterocycles. The minimum atomic E-state index is -1.05. The van der Waals surface area contributed by atoms with Gasteiger partial charge in [-0.3, -0.25) is 4.79 Å². The van der Waals surface area contributed by atoms with Gasteiger partial charge < -0.3 is 19.7 Å². The van der Waals surface area contributed by atoms with Gasteiger partial charge in [0.2, 0.25) is 5.91 Å². The number of nitrogens with zero attached hydrogens (tertiary/aromatic N) is 2. The molecule has 0 spiro atoms. The van der Waals surface area contributed by atoms with Gasteiger partial charge in [0.05, 0.1) is 25.3 Å². The van der Waals surface area contributed by atoms with Crippen LogP contribution in [0.4, 0.5) is 5.69 Å². The van der Waals surface area contributed by atoms with E-state index in [1.165, 1.54) is 18.5 Å². The summed E-state index contributed by atoms with van der Waals surface area (Å²) in [6.07, 6.45) is 3.70. The average molecular weight is 448 g/mol. The minimum Gasteiger partial charge on any atom is -0.493 e. The zero-order chi connectivity index (χ0) is 23.4. The summed E-state index contributed by atoms with van der Waals surface area (Å²) in [4.78, 5) is 14.6. The maximum atomic E-state index is 12.2. The normalized spacial score (nSPS) is 19.0. The number of benzene rings is 2. The largest absolute Gasteiger partial charge is 0.493 e. The summed E-state index contributed by atoms with van der Waals surface area (Å²) >= 11 is 0. The molecule has 174 valence electrons. The van der Waals surface area contributed by atoms with Gasteiger partial charge in [-0.2, -0.15) is 5.26 Å². The van der Waals surface area contributed by atoms with E-state index in [9.17, 15) is 4.79 Å². The molecule has 2 aromatic rings. The summed E-state index contributed by atoms with van der Waals surface area (Å²) in [5.74, 6) is 2.25. The van der Waals surface area contributed by atoms with E-state index in [-0.39, 0.29) is 18.1 Å². The third kappa shape index (κ3) is 5.98. The fourth-order valence-electron chi connectivity index (χ4n) is 3.85. The molecule has 1 saturated heterocycles. The number of hydrogen-bond donors (Lipinski definition) is 1. The van der Waals surface area contributed by atoms with E-state index in [1.807, 2.05) is 37.3 Å². The SMILES string of the molecule is C[C@H](NC(=O)C(C)(C)C#N)c1ccc(O[C@@H]2CCN(c3ccc(OCC4CC4)cc3)C2)cc1. The first-order valence-electron chi connectivity index (χ1n) is 11.8. The number of ether oxygens (including phenoxy) is 2. The van der Waals surface area contributed by atoms with Crippen molar-refractivity contribution in [1.29, 1.82) is 5.26 Å². The smallest absolute Gasteiger partial charge is 0.240 e. The molecule has 2 aromatic carbocycles. The van der Waals surface area contributed by atoms with E-state index in [2.05, 4.69) is 34.5 Å². The zero-order valence-corrected chi connectivity index (χ0v) is 19.7. The molecule has 1 heterocycles. The first kappa shape index (κ1) is 23.0. The van der Waals surface area contributed by atoms with Gasteiger partial charge in [-0.1, -0.05) is 12.1 Å². The van der Waals surface area contributed by atoms with E-state index in [4.69, 9.17) is 14.7 Å². The molecule has 0 unspecified atom stereocenters. The maximum absolute atomic E-state index is 12.2. The lowest BCUT2D eigenvalue weighted by atomic mass is 9.94. The standard InChI is InChI=1S/C27H33N3O3/c1-19(29-26(31)27(2,3)18-28)21-6-10-24(11-7-21)33-25-14-15-30(16-25)22-8-12-23(13-9-22)32-17-20-4-5-20/h6-13,19-20,25H,4-5,14-17H2,1-3H3,(H,29,31)/t19-,25+/m0/s1. The molecular formula is C27H33N3O3. The molecule has 1 N–H and O–H groups in total. The van der Waals surface area contributed by atoms with Crippen molar-refractivity contribution in [2.45, 2.75) is 52.2 Å². The number of nitrogens with one attached hydrogen (secondary N) is 1. The van der Waals surface area contributed by atoms with E-state index < -0.39 is 5.41 Å². The molecule has 2 aliphatic rings. The van der Waals surface area contributed by atoms with Crippen LogP contribution in [0.15, 0.2) is 48.5 Å². The Morgan fingerprint density at radius 1 is 1.12 bits per heavy atom. The highest BCUT2D eigenvalue weighted by Gasteiger charge is 2.28. The van der Waals surface area contributed by atoms with Crippen LogP contribution in [0.2, 0.25) is 0 Å². The van der Waals surface area contributed by atoms with Gasteiger partial charge in [0, 0.05) is 18.7 Å². The highest BCUT2D eigenvalue weighted by Crippen LogP contribution is 2.30. The number of rotatable bonds is 9. The molecule has 6 nitrogen and oxygen atoms in total. The van der Waals surface area contributed by atoms with Crippen molar-refractivity contribution in [2.24, 2.45) is 11.3 Å². The molecule has 0 bridgehead atoms. The third-order valence-electron chi connectivity index (χ3n) is 6.41. The van der Waals surface area contributed by atoms with Crippen molar-refractivity contribution in [3.63, 3.8) is 0 Å². The summed E-state index contributed by atoms with van der Waals surface area (Å²) in [6.45, 7) is 7.80. The number of carbonyl (C=O) groups is 1. The number of carbonyl (C=O) groups excluding carboxylic acids is 1. The summed E-state index contributed by atoms with van der Waals surface area (Å²) in [5.41, 5.74) is 1.12. The number of amides is 1. The van der Waals surface area contributed by atoms with Crippen molar-refractivity contribution < 1.29 is 14.3 Å². The Hall–Kier alpha value is -3.20. The number of nitriles is 1. The lowest BCUT2D eigenvalue weighted by molar-refractivity contribution is -0.127. The topological polar surface area (TPSA) is 74.6 Å². The monoisotopic (exact) mass is 447 g/mol. The van der Waals surface area contributed by atoms with Gasteiger partial charge in [-0.25, -0.2) is 0 Å². The van der Waals surface area contributed by atoms with Crippen LogP contribution >= 0.6 is 0 Å². The molecule has 2 fully saturated rings. The Morgan fingerprint density at radius 2 is 1.79 bits per heavy atom. The summed E-state index contributed by atoms with van der Waals surface area (Å²) in [6, 6.07) is 18.0. The predicted octanol–water partition coefficient (Wildman–Crippen LogP) is 4.86. The van der Waals surface area contributed by atoms with Crippen molar-refractivity contribution >= 4 is 11.6 Å². The van der Waals surface area contributed by atoms with Crippen LogP contribution in [0, 0.1) is 22.7 Å². The van der Waals surface area contributed by atoms with Gasteiger partial charge in [-0.15, -0.1) is 0 Å². The number of hydrogen-bond acceptors (Lipinski definition) is 5. The van der Waals surface area contributed by atoms with E-state index in [0.717, 1.165) is 49.1 Å². The molecule has 2 atom stereocenters. The fourth-order valence-corrected chi connectivity index (χ4v) is 3.85. The Labute approximate surface area is 196 Å². The maximum Gasteiger partial charge on any atom is 0.240 e. The number of anilines is 1. The van der Waals surface area contributed by atoms with E-state index in [0.29, 0.717) is 0 Å². The van der Waals surface area contributed by atoms with Crippen molar-refractivity contribution in [3.8, 4) is 17.6 Å². The van der Waals surface area contributed by atoms with Crippen molar-refractivity contribution in [3.05, 3.63) is 54.1 Å². The fraction of sp³-hybridized carbons (Fsp3) is 0.481. The van der Waals surface area contributed by atoms with Crippen LogP contribution in [0.1, 0.15) is 51.6 Å². The third-order valence-corrected chi connectivity index (χ3v) is 6.41. The lowest BCUT2D eigenvalue weighted by Gasteiger charge is -2.21. The first-order valence-corrected chi connectivity index (χ1v) is 11.8. The second kappa shape index (κ2) is 9.74. The van der Waals surface area contributed by atoms with Gasteiger partial charge in [0.25, 0.3) is 0 Å². The lowest BCUT2D eigenvalue weighted by Crippen LogP contribution is -2.37. The Kier molecular flexibility index (Phi) is 6.78. The van der Waals surface area contributed by atoms with Crippen molar-refractivity contribution in [2.75, 3.05) is 24.6 Å².